The highest BCUT2D eigenvalue weighted by Gasteiger charge is 2.41. The molecule has 0 saturated heterocycles. The summed E-state index contributed by atoms with van der Waals surface area (Å²) in [5, 5.41) is 7.97. The summed E-state index contributed by atoms with van der Waals surface area (Å²) in [5.74, 6) is 0.865. The number of hydrogen-bond acceptors (Lipinski definition) is 3. The van der Waals surface area contributed by atoms with Gasteiger partial charge in [-0.25, -0.2) is 5.01 Å². The molecule has 0 unspecified atom stereocenters. The summed E-state index contributed by atoms with van der Waals surface area (Å²) in [4.78, 5) is 0. The largest absolute Gasteiger partial charge is 0.464 e. The second-order valence-electron chi connectivity index (χ2n) is 6.66. The minimum Gasteiger partial charge on any atom is -0.464 e. The predicted molar refractivity (Wildman–Crippen MR) is 108 cm³/mol. The van der Waals surface area contributed by atoms with Crippen LogP contribution in [0.2, 0.25) is 10.0 Å². The van der Waals surface area contributed by atoms with Gasteiger partial charge in [-0.1, -0.05) is 83.9 Å². The Morgan fingerprint density at radius 1 is 0.852 bits per heavy atom. The van der Waals surface area contributed by atoms with Gasteiger partial charge in [-0.2, -0.15) is 5.10 Å². The smallest absolute Gasteiger partial charge is 0.215 e. The summed E-state index contributed by atoms with van der Waals surface area (Å²) >= 11 is 12.8. The number of benzene rings is 3. The number of ether oxygens (including phenoxy) is 1. The van der Waals surface area contributed by atoms with Crippen LogP contribution in [0, 0.1) is 0 Å². The fraction of sp³-hybridized carbons (Fsp3) is 0.136. The maximum Gasteiger partial charge on any atom is 0.215 e. The van der Waals surface area contributed by atoms with Crippen molar-refractivity contribution in [2.24, 2.45) is 5.10 Å². The van der Waals surface area contributed by atoms with Crippen LogP contribution in [0.4, 0.5) is 0 Å². The standard InChI is InChI=1S/C22H16Cl2N2O/c23-17-11-6-10-16(21(17)24)22-26-19(15-9-4-5-12-20(15)27-22)13-18(25-26)14-7-2-1-3-8-14/h1-12,19,22H,13H2/t19-,22-/m1/s1. The van der Waals surface area contributed by atoms with Crippen LogP contribution in [-0.2, 0) is 0 Å². The maximum absolute atomic E-state index is 6.51. The fourth-order valence-electron chi connectivity index (χ4n) is 3.76. The molecule has 5 rings (SSSR count). The molecular formula is C22H16Cl2N2O. The fourth-order valence-corrected chi connectivity index (χ4v) is 4.16. The Kier molecular flexibility index (Phi) is 4.07. The third kappa shape index (κ3) is 2.78. The minimum atomic E-state index is -0.419. The summed E-state index contributed by atoms with van der Waals surface area (Å²) in [7, 11) is 0. The molecule has 2 atom stereocenters. The number of para-hydroxylation sites is 1. The van der Waals surface area contributed by atoms with Crippen molar-refractivity contribution < 1.29 is 4.74 Å². The topological polar surface area (TPSA) is 24.8 Å². The van der Waals surface area contributed by atoms with Gasteiger partial charge in [-0.15, -0.1) is 0 Å². The van der Waals surface area contributed by atoms with E-state index in [2.05, 4.69) is 18.2 Å². The summed E-state index contributed by atoms with van der Waals surface area (Å²) in [6.45, 7) is 0. The molecular weight excluding hydrogens is 379 g/mol. The van der Waals surface area contributed by atoms with E-state index in [0.29, 0.717) is 10.0 Å². The molecule has 0 aliphatic carbocycles. The molecule has 0 saturated carbocycles. The zero-order valence-electron chi connectivity index (χ0n) is 14.3. The molecule has 134 valence electrons. The monoisotopic (exact) mass is 394 g/mol. The molecule has 0 aromatic heterocycles. The Morgan fingerprint density at radius 2 is 1.59 bits per heavy atom. The van der Waals surface area contributed by atoms with Gasteiger partial charge in [0.2, 0.25) is 6.23 Å². The summed E-state index contributed by atoms with van der Waals surface area (Å²) in [6, 6.07) is 24.1. The van der Waals surface area contributed by atoms with Gasteiger partial charge in [-0.3, -0.25) is 0 Å². The molecule has 0 amide bonds. The first kappa shape index (κ1) is 16.7. The molecule has 0 radical (unpaired) electrons. The van der Waals surface area contributed by atoms with E-state index in [0.717, 1.165) is 34.6 Å². The second-order valence-corrected chi connectivity index (χ2v) is 7.45. The molecule has 0 N–H and O–H groups in total. The lowest BCUT2D eigenvalue weighted by Gasteiger charge is -2.38. The van der Waals surface area contributed by atoms with Gasteiger partial charge < -0.3 is 4.74 Å². The lowest BCUT2D eigenvalue weighted by Crippen LogP contribution is -2.33. The van der Waals surface area contributed by atoms with E-state index in [1.165, 1.54) is 0 Å². The minimum absolute atomic E-state index is 0.102. The Labute approximate surface area is 167 Å². The molecule has 0 bridgehead atoms. The zero-order valence-corrected chi connectivity index (χ0v) is 15.9. The van der Waals surface area contributed by atoms with Crippen LogP contribution in [0.25, 0.3) is 0 Å². The second kappa shape index (κ2) is 6.59. The van der Waals surface area contributed by atoms with E-state index in [1.807, 2.05) is 53.5 Å². The molecule has 2 heterocycles. The quantitative estimate of drug-likeness (QED) is 0.513. The highest BCUT2D eigenvalue weighted by molar-refractivity contribution is 6.42. The number of fused-ring (bicyclic) bond motifs is 3. The molecule has 0 fully saturated rings. The Hall–Kier alpha value is -2.49. The van der Waals surface area contributed by atoms with Gasteiger partial charge in [0.25, 0.3) is 0 Å². The van der Waals surface area contributed by atoms with E-state index < -0.39 is 6.23 Å². The van der Waals surface area contributed by atoms with Crippen LogP contribution in [0.3, 0.4) is 0 Å². The van der Waals surface area contributed by atoms with Gasteiger partial charge in [-0.05, 0) is 17.7 Å². The molecule has 3 aromatic carbocycles. The van der Waals surface area contributed by atoms with Crippen molar-refractivity contribution in [3.8, 4) is 5.75 Å². The van der Waals surface area contributed by atoms with Crippen molar-refractivity contribution in [3.05, 3.63) is 99.5 Å². The highest BCUT2D eigenvalue weighted by Crippen LogP contribution is 2.48. The molecule has 2 aliphatic heterocycles. The van der Waals surface area contributed by atoms with Crippen molar-refractivity contribution >= 4 is 28.9 Å². The summed E-state index contributed by atoms with van der Waals surface area (Å²) in [6.07, 6.45) is 0.399. The zero-order chi connectivity index (χ0) is 18.4. The summed E-state index contributed by atoms with van der Waals surface area (Å²) in [5.41, 5.74) is 4.13. The van der Waals surface area contributed by atoms with Gasteiger partial charge in [0.05, 0.1) is 21.8 Å². The molecule has 27 heavy (non-hydrogen) atoms. The van der Waals surface area contributed by atoms with Crippen LogP contribution in [-0.4, -0.2) is 10.7 Å². The molecule has 3 aromatic rings. The van der Waals surface area contributed by atoms with E-state index >= 15 is 0 Å². The normalized spacial score (nSPS) is 20.5. The summed E-state index contributed by atoms with van der Waals surface area (Å²) < 4.78 is 6.33. The van der Waals surface area contributed by atoms with Crippen molar-refractivity contribution in [1.82, 2.24) is 5.01 Å². The lowest BCUT2D eigenvalue weighted by molar-refractivity contribution is -0.0189. The van der Waals surface area contributed by atoms with Gasteiger partial charge in [0.1, 0.15) is 5.75 Å². The van der Waals surface area contributed by atoms with Crippen molar-refractivity contribution in [2.45, 2.75) is 18.7 Å². The van der Waals surface area contributed by atoms with Gasteiger partial charge in [0.15, 0.2) is 0 Å². The van der Waals surface area contributed by atoms with Crippen LogP contribution in [0.15, 0.2) is 77.9 Å². The van der Waals surface area contributed by atoms with Crippen LogP contribution >= 0.6 is 23.2 Å². The van der Waals surface area contributed by atoms with E-state index in [-0.39, 0.29) is 6.04 Å². The maximum atomic E-state index is 6.51. The number of halogens is 2. The third-order valence-corrected chi connectivity index (χ3v) is 5.89. The van der Waals surface area contributed by atoms with Crippen LogP contribution in [0.5, 0.6) is 5.75 Å². The van der Waals surface area contributed by atoms with Crippen molar-refractivity contribution in [2.75, 3.05) is 0 Å². The van der Waals surface area contributed by atoms with Crippen LogP contribution in [0.1, 0.15) is 35.4 Å². The average molecular weight is 395 g/mol. The highest BCUT2D eigenvalue weighted by atomic mass is 35.5. The molecule has 5 heteroatoms. The van der Waals surface area contributed by atoms with E-state index in [9.17, 15) is 0 Å². The number of rotatable bonds is 2. The first-order valence-electron chi connectivity index (χ1n) is 8.83. The number of hydrazone groups is 1. The first-order chi connectivity index (χ1) is 13.2. The van der Waals surface area contributed by atoms with E-state index in [4.69, 9.17) is 33.0 Å². The molecule has 0 spiro atoms. The number of nitrogens with zero attached hydrogens (tertiary/aromatic N) is 2. The average Bonchev–Trinajstić information content (AvgIpc) is 3.16. The molecule has 3 nitrogen and oxygen atoms in total. The number of hydrogen-bond donors (Lipinski definition) is 0. The van der Waals surface area contributed by atoms with Gasteiger partial charge >= 0.3 is 0 Å². The lowest BCUT2D eigenvalue weighted by atomic mass is 9.96. The van der Waals surface area contributed by atoms with Gasteiger partial charge in [0, 0.05) is 17.5 Å². The Morgan fingerprint density at radius 3 is 2.44 bits per heavy atom. The van der Waals surface area contributed by atoms with Crippen LogP contribution < -0.4 is 4.74 Å². The van der Waals surface area contributed by atoms with Crippen molar-refractivity contribution in [3.63, 3.8) is 0 Å². The van der Waals surface area contributed by atoms with E-state index in [1.54, 1.807) is 6.07 Å². The Balaban J connectivity index is 1.64. The van der Waals surface area contributed by atoms with Crippen molar-refractivity contribution in [1.29, 1.82) is 0 Å². The first-order valence-corrected chi connectivity index (χ1v) is 9.58. The SMILES string of the molecule is Clc1cccc([C@H]2Oc3ccccc3[C@H]3CC(c4ccccc4)=NN32)c1Cl. The third-order valence-electron chi connectivity index (χ3n) is 5.05. The predicted octanol–water partition coefficient (Wildman–Crippen LogP) is 6.24. The molecule has 2 aliphatic rings. The Bertz CT molecular complexity index is 1040.